The van der Waals surface area contributed by atoms with Crippen molar-refractivity contribution in [1.29, 1.82) is 5.41 Å². The minimum atomic E-state index is -2.88. The average molecular weight is 469 g/mol. The zero-order chi connectivity index (χ0) is 24.1. The van der Waals surface area contributed by atoms with E-state index in [-0.39, 0.29) is 11.6 Å². The second kappa shape index (κ2) is 10.4. The third-order valence-corrected chi connectivity index (χ3v) is 5.27. The fourth-order valence-corrected chi connectivity index (χ4v) is 3.80. The molecule has 1 aromatic carbocycles. The van der Waals surface area contributed by atoms with Gasteiger partial charge in [0.1, 0.15) is 11.6 Å². The Morgan fingerprint density at radius 2 is 2.06 bits per heavy atom. The van der Waals surface area contributed by atoms with E-state index in [2.05, 4.69) is 25.5 Å². The summed E-state index contributed by atoms with van der Waals surface area (Å²) in [7, 11) is 3.46. The molecule has 9 nitrogen and oxygen atoms in total. The minimum absolute atomic E-state index is 0.0901. The lowest BCUT2D eigenvalue weighted by Crippen LogP contribution is -2.16. The highest BCUT2D eigenvalue weighted by Gasteiger charge is 2.27. The van der Waals surface area contributed by atoms with E-state index >= 15 is 0 Å². The van der Waals surface area contributed by atoms with E-state index in [9.17, 15) is 8.78 Å². The normalized spacial score (nSPS) is 12.5. The van der Waals surface area contributed by atoms with Crippen molar-refractivity contribution in [2.75, 3.05) is 25.6 Å². The molecule has 11 heteroatoms. The molecular weight excluding hydrogens is 444 g/mol. The summed E-state index contributed by atoms with van der Waals surface area (Å²) in [5.41, 5.74) is 5.12. The van der Waals surface area contributed by atoms with Crippen molar-refractivity contribution < 1.29 is 18.3 Å². The number of hydrogen-bond acceptors (Lipinski definition) is 7. The maximum Gasteiger partial charge on any atom is 0.387 e. The molecule has 4 rings (SSSR count). The predicted molar refractivity (Wildman–Crippen MR) is 124 cm³/mol. The number of aryl methyl sites for hydroxylation is 3. The average Bonchev–Trinajstić information content (AvgIpc) is 3.15. The molecule has 0 radical (unpaired) electrons. The lowest BCUT2D eigenvalue weighted by Gasteiger charge is -2.17. The second-order valence-electron chi connectivity index (χ2n) is 7.58. The highest BCUT2D eigenvalue weighted by molar-refractivity contribution is 6.00. The number of alkyl halides is 2. The van der Waals surface area contributed by atoms with Crippen LogP contribution in [0.4, 0.5) is 14.7 Å². The maximum absolute atomic E-state index is 12.5. The third-order valence-electron chi connectivity index (χ3n) is 5.27. The van der Waals surface area contributed by atoms with Gasteiger partial charge in [0.2, 0.25) is 5.95 Å². The van der Waals surface area contributed by atoms with E-state index in [0.717, 1.165) is 46.6 Å². The van der Waals surface area contributed by atoms with Crippen molar-refractivity contribution in [1.82, 2.24) is 25.1 Å². The van der Waals surface area contributed by atoms with Crippen molar-refractivity contribution in [3.8, 4) is 28.3 Å². The van der Waals surface area contributed by atoms with Gasteiger partial charge in [-0.15, -0.1) is 0 Å². The van der Waals surface area contributed by atoms with Crippen molar-refractivity contribution in [2.45, 2.75) is 19.5 Å². The summed E-state index contributed by atoms with van der Waals surface area (Å²) in [5, 5.41) is 18.7. The fraction of sp³-hybridized carbons (Fsp3) is 0.304. The smallest absolute Gasteiger partial charge is 0.387 e. The quantitative estimate of drug-likeness (QED) is 0.250. The van der Waals surface area contributed by atoms with Crippen LogP contribution in [0.15, 0.2) is 42.7 Å². The Kier molecular flexibility index (Phi) is 7.12. The number of ether oxygens (including phenoxy) is 2. The number of methoxy groups -OCH3 is 1. The third kappa shape index (κ3) is 5.20. The SMILES string of the molecule is COCCN/C=C\C(=N)Nc1ncc2c(n1)-c1c(nn(C)c1-c1ccc(OC(F)F)cc1)CC2. The Morgan fingerprint density at radius 1 is 1.26 bits per heavy atom. The van der Waals surface area contributed by atoms with Crippen LogP contribution >= 0.6 is 0 Å². The van der Waals surface area contributed by atoms with Gasteiger partial charge in [0.05, 0.1) is 23.7 Å². The number of aromatic nitrogens is 4. The first kappa shape index (κ1) is 23.3. The molecule has 34 heavy (non-hydrogen) atoms. The fourth-order valence-electron chi connectivity index (χ4n) is 3.80. The van der Waals surface area contributed by atoms with Crippen molar-refractivity contribution in [3.05, 3.63) is 54.0 Å². The molecule has 0 aliphatic heterocycles. The summed E-state index contributed by atoms with van der Waals surface area (Å²) in [6, 6.07) is 6.46. The summed E-state index contributed by atoms with van der Waals surface area (Å²) in [5.74, 6) is 0.517. The second-order valence-corrected chi connectivity index (χ2v) is 7.58. The zero-order valence-corrected chi connectivity index (χ0v) is 18.8. The number of benzene rings is 1. The highest BCUT2D eigenvalue weighted by Crippen LogP contribution is 2.39. The Bertz CT molecular complexity index is 1190. The van der Waals surface area contributed by atoms with E-state index in [1.54, 1.807) is 42.4 Å². The first-order valence-electron chi connectivity index (χ1n) is 10.7. The highest BCUT2D eigenvalue weighted by atomic mass is 19.3. The maximum atomic E-state index is 12.5. The van der Waals surface area contributed by atoms with Crippen LogP contribution in [0.1, 0.15) is 11.3 Å². The first-order valence-corrected chi connectivity index (χ1v) is 10.7. The van der Waals surface area contributed by atoms with Gasteiger partial charge in [0, 0.05) is 44.2 Å². The summed E-state index contributed by atoms with van der Waals surface area (Å²) in [6.45, 7) is -1.67. The first-order chi connectivity index (χ1) is 16.5. The summed E-state index contributed by atoms with van der Waals surface area (Å²) in [4.78, 5) is 9.05. The number of amidine groups is 1. The van der Waals surface area contributed by atoms with Gasteiger partial charge in [-0.05, 0) is 48.7 Å². The molecule has 0 amide bonds. The zero-order valence-electron chi connectivity index (χ0n) is 18.8. The lowest BCUT2D eigenvalue weighted by molar-refractivity contribution is -0.0498. The summed E-state index contributed by atoms with van der Waals surface area (Å²) < 4.78 is 36.2. The van der Waals surface area contributed by atoms with Crippen molar-refractivity contribution in [3.63, 3.8) is 0 Å². The summed E-state index contributed by atoms with van der Waals surface area (Å²) in [6.07, 6.45) is 6.48. The predicted octanol–water partition coefficient (Wildman–Crippen LogP) is 3.38. The van der Waals surface area contributed by atoms with Crippen LogP contribution in [0.2, 0.25) is 0 Å². The van der Waals surface area contributed by atoms with Gasteiger partial charge in [-0.3, -0.25) is 10.1 Å². The standard InChI is InChI=1S/C23H25F2N7O2/c1-32-21(14-3-6-16(7-4-14)34-22(24)25)19-17(31-32)8-5-15-13-28-23(30-20(15)19)29-18(26)9-10-27-11-12-33-2/h3-4,6-7,9-10,13,22,27H,5,8,11-12H2,1-2H3,(H2,26,28,29,30)/b10-9-. The van der Waals surface area contributed by atoms with Gasteiger partial charge in [0.25, 0.3) is 0 Å². The molecule has 0 unspecified atom stereocenters. The van der Waals surface area contributed by atoms with E-state index in [1.807, 2.05) is 7.05 Å². The molecular formula is C23H25F2N7O2. The summed E-state index contributed by atoms with van der Waals surface area (Å²) >= 11 is 0. The van der Waals surface area contributed by atoms with Gasteiger partial charge in [-0.25, -0.2) is 9.97 Å². The molecule has 2 heterocycles. The van der Waals surface area contributed by atoms with Crippen LogP contribution in [-0.2, 0) is 24.6 Å². The van der Waals surface area contributed by atoms with Gasteiger partial charge < -0.3 is 20.1 Å². The molecule has 1 aliphatic rings. The molecule has 0 saturated carbocycles. The van der Waals surface area contributed by atoms with E-state index < -0.39 is 6.61 Å². The molecule has 1 aliphatic carbocycles. The number of fused-ring (bicyclic) bond motifs is 3. The Labute approximate surface area is 195 Å². The largest absolute Gasteiger partial charge is 0.435 e. The molecule has 0 atom stereocenters. The molecule has 0 fully saturated rings. The monoisotopic (exact) mass is 469 g/mol. The molecule has 0 bridgehead atoms. The molecule has 2 aromatic heterocycles. The van der Waals surface area contributed by atoms with Gasteiger partial charge in [-0.1, -0.05) is 0 Å². The number of halogens is 2. The number of rotatable bonds is 9. The molecule has 178 valence electrons. The molecule has 0 spiro atoms. The van der Waals surface area contributed by atoms with Crippen LogP contribution in [0.25, 0.3) is 22.5 Å². The van der Waals surface area contributed by atoms with Gasteiger partial charge >= 0.3 is 6.61 Å². The number of nitrogens with zero attached hydrogens (tertiary/aromatic N) is 4. The topological polar surface area (TPSA) is 110 Å². The van der Waals surface area contributed by atoms with E-state index in [1.165, 1.54) is 12.1 Å². The van der Waals surface area contributed by atoms with Crippen molar-refractivity contribution >= 4 is 11.8 Å². The number of anilines is 1. The van der Waals surface area contributed by atoms with Crippen LogP contribution in [0, 0.1) is 5.41 Å². The Hall–Kier alpha value is -3.86. The van der Waals surface area contributed by atoms with Crippen LogP contribution < -0.4 is 15.4 Å². The molecule has 0 saturated heterocycles. The van der Waals surface area contributed by atoms with Gasteiger partial charge in [-0.2, -0.15) is 13.9 Å². The van der Waals surface area contributed by atoms with Crippen LogP contribution in [-0.4, -0.2) is 52.5 Å². The minimum Gasteiger partial charge on any atom is -0.435 e. The number of hydrogen-bond donors (Lipinski definition) is 3. The molecule has 3 aromatic rings. The van der Waals surface area contributed by atoms with Crippen molar-refractivity contribution in [2.24, 2.45) is 7.05 Å². The van der Waals surface area contributed by atoms with E-state index in [4.69, 9.17) is 15.1 Å². The lowest BCUT2D eigenvalue weighted by atomic mass is 9.91. The Balaban J connectivity index is 1.61. The van der Waals surface area contributed by atoms with Gasteiger partial charge in [0.15, 0.2) is 0 Å². The van der Waals surface area contributed by atoms with Crippen LogP contribution in [0.5, 0.6) is 5.75 Å². The molecule has 3 N–H and O–H groups in total. The van der Waals surface area contributed by atoms with Crippen LogP contribution in [0.3, 0.4) is 0 Å². The van der Waals surface area contributed by atoms with E-state index in [0.29, 0.717) is 19.1 Å². The Morgan fingerprint density at radius 3 is 2.79 bits per heavy atom. The number of nitrogens with one attached hydrogen (secondary N) is 3.